The minimum absolute atomic E-state index is 0.0966. The number of anilines is 2. The van der Waals surface area contributed by atoms with Gasteiger partial charge in [0, 0.05) is 28.5 Å². The van der Waals surface area contributed by atoms with Crippen LogP contribution in [0.15, 0.2) is 42.5 Å². The molecule has 0 spiro atoms. The molecule has 0 aliphatic carbocycles. The second-order valence-corrected chi connectivity index (χ2v) is 5.30. The Morgan fingerprint density at radius 1 is 1.15 bits per heavy atom. The van der Waals surface area contributed by atoms with E-state index in [1.54, 1.807) is 24.3 Å². The monoisotopic (exact) mass is 286 g/mol. The molecule has 0 atom stereocenters. The fourth-order valence-corrected chi connectivity index (χ4v) is 2.48. The zero-order valence-corrected chi connectivity index (χ0v) is 11.7. The maximum absolute atomic E-state index is 12.2. The number of aryl methyl sites for hydroxylation is 1. The predicted octanol–water partition coefficient (Wildman–Crippen LogP) is 3.95. The van der Waals surface area contributed by atoms with Crippen molar-refractivity contribution >= 4 is 28.9 Å². The first-order valence-electron chi connectivity index (χ1n) is 6.66. The van der Waals surface area contributed by atoms with Crippen molar-refractivity contribution in [3.05, 3.63) is 58.6 Å². The van der Waals surface area contributed by atoms with E-state index in [-0.39, 0.29) is 5.91 Å². The SMILES string of the molecule is O=C(Nc1ccc(Cl)cc1)c1ccc2c(c1)CCCN2. The van der Waals surface area contributed by atoms with Gasteiger partial charge >= 0.3 is 0 Å². The Balaban J connectivity index is 1.78. The molecule has 4 heteroatoms. The zero-order valence-electron chi connectivity index (χ0n) is 10.9. The van der Waals surface area contributed by atoms with Crippen molar-refractivity contribution in [1.82, 2.24) is 0 Å². The lowest BCUT2D eigenvalue weighted by Gasteiger charge is -2.18. The number of benzene rings is 2. The lowest BCUT2D eigenvalue weighted by molar-refractivity contribution is 0.102. The number of hydrogen-bond acceptors (Lipinski definition) is 2. The summed E-state index contributed by atoms with van der Waals surface area (Å²) >= 11 is 5.82. The van der Waals surface area contributed by atoms with Gasteiger partial charge in [0.2, 0.25) is 0 Å². The van der Waals surface area contributed by atoms with Gasteiger partial charge in [0.25, 0.3) is 5.91 Å². The summed E-state index contributed by atoms with van der Waals surface area (Å²) in [6.45, 7) is 1.00. The molecule has 0 fully saturated rings. The van der Waals surface area contributed by atoms with Gasteiger partial charge in [-0.1, -0.05) is 11.6 Å². The summed E-state index contributed by atoms with van der Waals surface area (Å²) in [5.74, 6) is -0.0966. The Bertz CT molecular complexity index is 637. The van der Waals surface area contributed by atoms with E-state index in [9.17, 15) is 4.79 Å². The van der Waals surface area contributed by atoms with Crippen molar-refractivity contribution in [2.75, 3.05) is 17.2 Å². The molecule has 0 unspecified atom stereocenters. The van der Waals surface area contributed by atoms with Crippen molar-refractivity contribution < 1.29 is 4.79 Å². The molecule has 1 heterocycles. The summed E-state index contributed by atoms with van der Waals surface area (Å²) in [5.41, 5.74) is 3.77. The first-order valence-corrected chi connectivity index (χ1v) is 7.04. The van der Waals surface area contributed by atoms with Gasteiger partial charge in [-0.05, 0) is 60.9 Å². The van der Waals surface area contributed by atoms with Crippen LogP contribution in [0.1, 0.15) is 22.3 Å². The lowest BCUT2D eigenvalue weighted by Crippen LogP contribution is -2.15. The molecule has 1 aliphatic heterocycles. The van der Waals surface area contributed by atoms with Crippen LogP contribution >= 0.6 is 11.6 Å². The number of hydrogen-bond donors (Lipinski definition) is 2. The number of carbonyl (C=O) groups excluding carboxylic acids is 1. The molecule has 1 aliphatic rings. The Hall–Kier alpha value is -2.00. The van der Waals surface area contributed by atoms with Crippen LogP contribution in [-0.2, 0) is 6.42 Å². The van der Waals surface area contributed by atoms with E-state index in [4.69, 9.17) is 11.6 Å². The van der Waals surface area contributed by atoms with E-state index in [1.807, 2.05) is 18.2 Å². The van der Waals surface area contributed by atoms with Gasteiger partial charge in [-0.2, -0.15) is 0 Å². The molecule has 1 amide bonds. The van der Waals surface area contributed by atoms with Crippen LogP contribution in [0.2, 0.25) is 5.02 Å². The second kappa shape index (κ2) is 5.55. The van der Waals surface area contributed by atoms with Gasteiger partial charge in [-0.25, -0.2) is 0 Å². The van der Waals surface area contributed by atoms with Gasteiger partial charge in [0.05, 0.1) is 0 Å². The number of fused-ring (bicyclic) bond motifs is 1. The van der Waals surface area contributed by atoms with Crippen LogP contribution in [0.4, 0.5) is 11.4 Å². The third-order valence-electron chi connectivity index (χ3n) is 3.41. The summed E-state index contributed by atoms with van der Waals surface area (Å²) in [5, 5.41) is 6.87. The molecule has 102 valence electrons. The number of amides is 1. The number of nitrogens with one attached hydrogen (secondary N) is 2. The Morgan fingerprint density at radius 3 is 2.75 bits per heavy atom. The predicted molar refractivity (Wildman–Crippen MR) is 82.7 cm³/mol. The second-order valence-electron chi connectivity index (χ2n) is 4.86. The van der Waals surface area contributed by atoms with Gasteiger partial charge < -0.3 is 10.6 Å². The summed E-state index contributed by atoms with van der Waals surface area (Å²) < 4.78 is 0. The molecular formula is C16H15ClN2O. The van der Waals surface area contributed by atoms with Gasteiger partial charge in [0.1, 0.15) is 0 Å². The first kappa shape index (κ1) is 13.0. The van der Waals surface area contributed by atoms with E-state index in [1.165, 1.54) is 5.56 Å². The average Bonchev–Trinajstić information content (AvgIpc) is 2.49. The van der Waals surface area contributed by atoms with E-state index in [2.05, 4.69) is 10.6 Å². The van der Waals surface area contributed by atoms with Crippen molar-refractivity contribution in [3.63, 3.8) is 0 Å². The summed E-state index contributed by atoms with van der Waals surface area (Å²) in [7, 11) is 0. The molecule has 2 aromatic carbocycles. The summed E-state index contributed by atoms with van der Waals surface area (Å²) in [6, 6.07) is 12.9. The Kier molecular flexibility index (Phi) is 3.61. The summed E-state index contributed by atoms with van der Waals surface area (Å²) in [6.07, 6.45) is 2.12. The summed E-state index contributed by atoms with van der Waals surface area (Å²) in [4.78, 5) is 12.2. The molecule has 0 saturated carbocycles. The molecule has 0 bridgehead atoms. The standard InChI is InChI=1S/C16H15ClN2O/c17-13-4-6-14(7-5-13)19-16(20)12-3-8-15-11(10-12)2-1-9-18-15/h3-8,10,18H,1-2,9H2,(H,19,20). The Morgan fingerprint density at radius 2 is 1.95 bits per heavy atom. The molecule has 2 aromatic rings. The number of carbonyl (C=O) groups is 1. The van der Waals surface area contributed by atoms with Crippen LogP contribution in [0.25, 0.3) is 0 Å². The molecule has 3 rings (SSSR count). The lowest BCUT2D eigenvalue weighted by atomic mass is 10.0. The molecule has 0 saturated heterocycles. The minimum Gasteiger partial charge on any atom is -0.385 e. The van der Waals surface area contributed by atoms with Crippen molar-refractivity contribution in [2.45, 2.75) is 12.8 Å². The fourth-order valence-electron chi connectivity index (χ4n) is 2.35. The van der Waals surface area contributed by atoms with E-state index < -0.39 is 0 Å². The van der Waals surface area contributed by atoms with Crippen LogP contribution in [0, 0.1) is 0 Å². The highest BCUT2D eigenvalue weighted by Crippen LogP contribution is 2.23. The van der Waals surface area contributed by atoms with Gasteiger partial charge in [-0.3, -0.25) is 4.79 Å². The van der Waals surface area contributed by atoms with Crippen LogP contribution in [0.3, 0.4) is 0 Å². The van der Waals surface area contributed by atoms with Crippen molar-refractivity contribution in [2.24, 2.45) is 0 Å². The van der Waals surface area contributed by atoms with E-state index >= 15 is 0 Å². The maximum Gasteiger partial charge on any atom is 0.255 e. The molecule has 0 radical (unpaired) electrons. The van der Waals surface area contributed by atoms with Gasteiger partial charge in [0.15, 0.2) is 0 Å². The number of rotatable bonds is 2. The highest BCUT2D eigenvalue weighted by Gasteiger charge is 2.12. The maximum atomic E-state index is 12.2. The van der Waals surface area contributed by atoms with Crippen LogP contribution in [-0.4, -0.2) is 12.5 Å². The highest BCUT2D eigenvalue weighted by atomic mass is 35.5. The third kappa shape index (κ3) is 2.78. The van der Waals surface area contributed by atoms with Crippen LogP contribution in [0.5, 0.6) is 0 Å². The molecule has 2 N–H and O–H groups in total. The molecule has 3 nitrogen and oxygen atoms in total. The van der Waals surface area contributed by atoms with Gasteiger partial charge in [-0.15, -0.1) is 0 Å². The average molecular weight is 287 g/mol. The highest BCUT2D eigenvalue weighted by molar-refractivity contribution is 6.30. The molecular weight excluding hydrogens is 272 g/mol. The third-order valence-corrected chi connectivity index (χ3v) is 3.66. The molecule has 0 aromatic heterocycles. The van der Waals surface area contributed by atoms with Crippen molar-refractivity contribution in [1.29, 1.82) is 0 Å². The number of halogens is 1. The minimum atomic E-state index is -0.0966. The topological polar surface area (TPSA) is 41.1 Å². The smallest absolute Gasteiger partial charge is 0.255 e. The van der Waals surface area contributed by atoms with Crippen LogP contribution < -0.4 is 10.6 Å². The largest absolute Gasteiger partial charge is 0.385 e. The normalized spacial score (nSPS) is 13.2. The molecule has 20 heavy (non-hydrogen) atoms. The fraction of sp³-hybridized carbons (Fsp3) is 0.188. The van der Waals surface area contributed by atoms with E-state index in [0.717, 1.165) is 30.8 Å². The first-order chi connectivity index (χ1) is 9.72. The van der Waals surface area contributed by atoms with E-state index in [0.29, 0.717) is 10.6 Å². The zero-order chi connectivity index (χ0) is 13.9. The quantitative estimate of drug-likeness (QED) is 0.878. The van der Waals surface area contributed by atoms with Crippen molar-refractivity contribution in [3.8, 4) is 0 Å². The Labute approximate surface area is 123 Å².